The van der Waals surface area contributed by atoms with E-state index < -0.39 is 5.97 Å². The maximum atomic E-state index is 9.97. The second-order valence-corrected chi connectivity index (χ2v) is 1.50. The summed E-state index contributed by atoms with van der Waals surface area (Å²) in [6, 6.07) is 0. The van der Waals surface area contributed by atoms with Crippen molar-refractivity contribution in [3.8, 4) is 0 Å². The molecule has 0 saturated carbocycles. The van der Waals surface area contributed by atoms with Crippen LogP contribution in [-0.2, 0) is 11.2 Å². The third-order valence-electron chi connectivity index (χ3n) is 0.786. The summed E-state index contributed by atoms with van der Waals surface area (Å²) in [5.74, 6) is -0.694. The predicted molar refractivity (Wildman–Crippen MR) is 36.4 cm³/mol. The molecule has 1 heterocycles. The van der Waals surface area contributed by atoms with E-state index in [0.29, 0.717) is 0 Å². The number of carbonyl (C=O) groups is 1. The molecule has 0 amide bonds. The fourth-order valence-corrected chi connectivity index (χ4v) is 0.470. The Bertz CT molecular complexity index is 197. The number of hydrogen-bond donors (Lipinski definition) is 1. The average Bonchev–Trinajstić information content (AvgIpc) is 2.15. The van der Waals surface area contributed by atoms with E-state index in [-0.39, 0.29) is 35.4 Å². The lowest BCUT2D eigenvalue weighted by atomic mass is 10.4. The first kappa shape index (κ1) is 9.45. The molecular formula is C5H7MgNO3. The zero-order valence-corrected chi connectivity index (χ0v) is 4.57. The van der Waals surface area contributed by atoms with Gasteiger partial charge in [-0.15, -0.1) is 0 Å². The standard InChI is InChI=1S/C5H5NO3.Mg.2H/c7-5(8)3-4-6-1-2-9-4;;;/h1-2H,3H2,(H,7,8);;;. The largest absolute Gasteiger partial charge is 0.481 e. The number of rotatable bonds is 2. The summed E-state index contributed by atoms with van der Waals surface area (Å²) in [5, 5.41) is 8.19. The van der Waals surface area contributed by atoms with Gasteiger partial charge in [-0.05, 0) is 0 Å². The Morgan fingerprint density at radius 3 is 2.90 bits per heavy atom. The van der Waals surface area contributed by atoms with Crippen molar-refractivity contribution >= 4 is 29.0 Å². The van der Waals surface area contributed by atoms with Crippen LogP contribution in [0.25, 0.3) is 0 Å². The van der Waals surface area contributed by atoms with Gasteiger partial charge < -0.3 is 9.52 Å². The summed E-state index contributed by atoms with van der Waals surface area (Å²) in [5.41, 5.74) is 0. The first-order valence-corrected chi connectivity index (χ1v) is 2.39. The number of aliphatic carboxylic acids is 1. The zero-order chi connectivity index (χ0) is 6.69. The van der Waals surface area contributed by atoms with Gasteiger partial charge in [-0.25, -0.2) is 4.98 Å². The van der Waals surface area contributed by atoms with E-state index in [1.54, 1.807) is 0 Å². The first-order valence-electron chi connectivity index (χ1n) is 2.39. The summed E-state index contributed by atoms with van der Waals surface area (Å²) in [6.45, 7) is 0. The lowest BCUT2D eigenvalue weighted by Crippen LogP contribution is -1.99. The maximum Gasteiger partial charge on any atom is 0.316 e. The summed E-state index contributed by atoms with van der Waals surface area (Å²) in [7, 11) is 0. The Morgan fingerprint density at radius 1 is 1.80 bits per heavy atom. The van der Waals surface area contributed by atoms with Gasteiger partial charge in [0.1, 0.15) is 12.7 Å². The van der Waals surface area contributed by atoms with Crippen molar-refractivity contribution in [3.05, 3.63) is 18.4 Å². The fourth-order valence-electron chi connectivity index (χ4n) is 0.470. The van der Waals surface area contributed by atoms with Gasteiger partial charge in [0.2, 0.25) is 5.89 Å². The smallest absolute Gasteiger partial charge is 0.316 e. The number of hydrogen-bond acceptors (Lipinski definition) is 3. The van der Waals surface area contributed by atoms with E-state index in [9.17, 15) is 4.79 Å². The minimum absolute atomic E-state index is 0. The van der Waals surface area contributed by atoms with Crippen molar-refractivity contribution in [2.45, 2.75) is 6.42 Å². The zero-order valence-electron chi connectivity index (χ0n) is 4.57. The molecule has 4 nitrogen and oxygen atoms in total. The fraction of sp³-hybridized carbons (Fsp3) is 0.200. The van der Waals surface area contributed by atoms with Crippen molar-refractivity contribution in [2.24, 2.45) is 0 Å². The highest BCUT2D eigenvalue weighted by Gasteiger charge is 2.02. The van der Waals surface area contributed by atoms with Crippen LogP contribution in [0.5, 0.6) is 0 Å². The van der Waals surface area contributed by atoms with Crippen molar-refractivity contribution < 1.29 is 14.3 Å². The molecule has 1 N–H and O–H groups in total. The molecule has 0 unspecified atom stereocenters. The molecule has 0 atom stereocenters. The van der Waals surface area contributed by atoms with Gasteiger partial charge in [0.25, 0.3) is 0 Å². The first-order chi connectivity index (χ1) is 4.29. The minimum Gasteiger partial charge on any atom is -0.481 e. The summed E-state index contributed by atoms with van der Waals surface area (Å²) >= 11 is 0. The van der Waals surface area contributed by atoms with Crippen LogP contribution in [0.1, 0.15) is 5.89 Å². The van der Waals surface area contributed by atoms with E-state index in [1.807, 2.05) is 0 Å². The molecule has 0 aliphatic rings. The van der Waals surface area contributed by atoms with Crippen LogP contribution in [0.2, 0.25) is 0 Å². The molecule has 0 aliphatic carbocycles. The Morgan fingerprint density at radius 2 is 2.50 bits per heavy atom. The van der Waals surface area contributed by atoms with Gasteiger partial charge in [0.05, 0.1) is 6.20 Å². The van der Waals surface area contributed by atoms with E-state index >= 15 is 0 Å². The van der Waals surface area contributed by atoms with Crippen molar-refractivity contribution in [1.29, 1.82) is 0 Å². The number of carboxylic acids is 1. The van der Waals surface area contributed by atoms with Crippen LogP contribution in [0.15, 0.2) is 16.9 Å². The van der Waals surface area contributed by atoms with Crippen molar-refractivity contribution in [2.75, 3.05) is 0 Å². The molecule has 52 valence electrons. The van der Waals surface area contributed by atoms with E-state index in [1.165, 1.54) is 12.5 Å². The molecule has 0 fully saturated rings. The lowest BCUT2D eigenvalue weighted by molar-refractivity contribution is -0.136. The Hall–Kier alpha value is -0.554. The number of oxazole rings is 1. The molecule has 0 spiro atoms. The average molecular weight is 153 g/mol. The predicted octanol–water partition coefficient (Wildman–Crippen LogP) is -0.614. The summed E-state index contributed by atoms with van der Waals surface area (Å²) in [6.07, 6.45) is 2.61. The topological polar surface area (TPSA) is 63.3 Å². The van der Waals surface area contributed by atoms with Crippen LogP contribution in [0.3, 0.4) is 0 Å². The Labute approximate surface area is 73.4 Å². The van der Waals surface area contributed by atoms with Gasteiger partial charge in [0.15, 0.2) is 0 Å². The molecule has 0 radical (unpaired) electrons. The Kier molecular flexibility index (Phi) is 4.05. The molecule has 0 aliphatic heterocycles. The van der Waals surface area contributed by atoms with Crippen molar-refractivity contribution in [3.63, 3.8) is 0 Å². The molecule has 0 bridgehead atoms. The number of carboxylic acid groups (broad SMARTS) is 1. The molecular weight excluding hydrogens is 146 g/mol. The van der Waals surface area contributed by atoms with E-state index in [0.717, 1.165) is 0 Å². The molecule has 0 aromatic carbocycles. The molecule has 0 saturated heterocycles. The second-order valence-electron chi connectivity index (χ2n) is 1.50. The SMILES string of the molecule is O=C(O)Cc1ncco1.[MgH2]. The quantitative estimate of drug-likeness (QED) is 0.576. The van der Waals surface area contributed by atoms with Crippen LogP contribution in [0.4, 0.5) is 0 Å². The second kappa shape index (κ2) is 4.29. The number of aromatic nitrogens is 1. The van der Waals surface area contributed by atoms with Gasteiger partial charge in [-0.1, -0.05) is 0 Å². The van der Waals surface area contributed by atoms with Gasteiger partial charge in [0, 0.05) is 0 Å². The van der Waals surface area contributed by atoms with Crippen LogP contribution in [0, 0.1) is 0 Å². The molecule has 1 aromatic heterocycles. The molecule has 10 heavy (non-hydrogen) atoms. The normalized spacial score (nSPS) is 8.40. The van der Waals surface area contributed by atoms with Gasteiger partial charge in [-0.3, -0.25) is 4.79 Å². The van der Waals surface area contributed by atoms with Crippen LogP contribution >= 0.6 is 0 Å². The third-order valence-corrected chi connectivity index (χ3v) is 0.786. The van der Waals surface area contributed by atoms with Crippen LogP contribution < -0.4 is 0 Å². The lowest BCUT2D eigenvalue weighted by Gasteiger charge is -1.83. The van der Waals surface area contributed by atoms with Crippen molar-refractivity contribution in [1.82, 2.24) is 4.98 Å². The molecule has 5 heteroatoms. The monoisotopic (exact) mass is 153 g/mol. The highest BCUT2D eigenvalue weighted by molar-refractivity contribution is 5.75. The molecule has 1 aromatic rings. The van der Waals surface area contributed by atoms with E-state index in [4.69, 9.17) is 5.11 Å². The van der Waals surface area contributed by atoms with Gasteiger partial charge in [-0.2, -0.15) is 0 Å². The van der Waals surface area contributed by atoms with E-state index in [2.05, 4.69) is 9.40 Å². The van der Waals surface area contributed by atoms with Crippen LogP contribution in [-0.4, -0.2) is 39.1 Å². The van der Waals surface area contributed by atoms with Gasteiger partial charge >= 0.3 is 29.0 Å². The number of nitrogens with zero attached hydrogens (tertiary/aromatic N) is 1. The minimum atomic E-state index is -0.933. The summed E-state index contributed by atoms with van der Waals surface area (Å²) in [4.78, 5) is 13.6. The summed E-state index contributed by atoms with van der Waals surface area (Å²) < 4.78 is 4.65. The highest BCUT2D eigenvalue weighted by Crippen LogP contribution is 1.93. The Balaban J connectivity index is 0.000000810. The molecule has 1 rings (SSSR count). The third kappa shape index (κ3) is 2.84. The maximum absolute atomic E-state index is 9.97. The highest BCUT2D eigenvalue weighted by atomic mass is 24.3.